The molecule has 0 bridgehead atoms. The normalized spacial score (nSPS) is 18.7. The van der Waals surface area contributed by atoms with Crippen LogP contribution >= 0.6 is 0 Å². The molecule has 1 aliphatic heterocycles. The van der Waals surface area contributed by atoms with Gasteiger partial charge in [0.15, 0.2) is 0 Å². The Morgan fingerprint density at radius 2 is 1.93 bits per heavy atom. The molecular weight excluding hydrogens is 356 g/mol. The van der Waals surface area contributed by atoms with Crippen LogP contribution in [0.5, 0.6) is 0 Å². The van der Waals surface area contributed by atoms with Gasteiger partial charge in [-0.3, -0.25) is 19.8 Å². The third-order valence-corrected chi connectivity index (χ3v) is 5.20. The molecule has 4 rings (SSSR count). The lowest BCUT2D eigenvalue weighted by Gasteiger charge is -2.38. The van der Waals surface area contributed by atoms with Crippen LogP contribution in [0.25, 0.3) is 10.9 Å². The second-order valence-corrected chi connectivity index (χ2v) is 6.99. The highest BCUT2D eigenvalue weighted by Gasteiger charge is 2.44. The maximum absolute atomic E-state index is 12.7. The molecule has 1 unspecified atom stereocenters. The SMILES string of the molecule is CC1(N(c2ccc(C(=O)NO)cc2)c2cnc3ccccc3c2)CCNC1=O. The third-order valence-electron chi connectivity index (χ3n) is 5.20. The number of anilines is 2. The first-order valence-corrected chi connectivity index (χ1v) is 9.01. The van der Waals surface area contributed by atoms with Gasteiger partial charge in [-0.2, -0.15) is 0 Å². The van der Waals surface area contributed by atoms with Gasteiger partial charge in [0.2, 0.25) is 5.91 Å². The Kier molecular flexibility index (Phi) is 4.44. The fourth-order valence-corrected chi connectivity index (χ4v) is 3.66. The fourth-order valence-electron chi connectivity index (χ4n) is 3.66. The summed E-state index contributed by atoms with van der Waals surface area (Å²) in [5.41, 5.74) is 3.58. The Morgan fingerprint density at radius 3 is 2.61 bits per heavy atom. The number of nitrogens with zero attached hydrogens (tertiary/aromatic N) is 2. The van der Waals surface area contributed by atoms with Crippen molar-refractivity contribution in [3.8, 4) is 0 Å². The van der Waals surface area contributed by atoms with E-state index in [1.165, 1.54) is 0 Å². The molecule has 2 heterocycles. The Bertz CT molecular complexity index is 1050. The van der Waals surface area contributed by atoms with Crippen LogP contribution in [0.1, 0.15) is 23.7 Å². The molecule has 1 aliphatic rings. The first-order valence-electron chi connectivity index (χ1n) is 9.01. The van der Waals surface area contributed by atoms with Crippen LogP contribution in [0.15, 0.2) is 60.8 Å². The van der Waals surface area contributed by atoms with Crippen molar-refractivity contribution >= 4 is 34.1 Å². The van der Waals surface area contributed by atoms with Gasteiger partial charge in [-0.25, -0.2) is 5.48 Å². The zero-order valence-electron chi connectivity index (χ0n) is 15.3. The molecule has 0 radical (unpaired) electrons. The van der Waals surface area contributed by atoms with Crippen LogP contribution in [0.2, 0.25) is 0 Å². The lowest BCUT2D eigenvalue weighted by atomic mass is 9.95. The zero-order valence-corrected chi connectivity index (χ0v) is 15.3. The van der Waals surface area contributed by atoms with E-state index in [2.05, 4.69) is 10.3 Å². The maximum atomic E-state index is 12.7. The van der Waals surface area contributed by atoms with E-state index in [0.717, 1.165) is 22.3 Å². The van der Waals surface area contributed by atoms with Crippen LogP contribution in [-0.2, 0) is 4.79 Å². The Labute approximate surface area is 162 Å². The van der Waals surface area contributed by atoms with E-state index in [1.807, 2.05) is 42.2 Å². The number of carbonyl (C=O) groups is 2. The summed E-state index contributed by atoms with van der Waals surface area (Å²) in [6.07, 6.45) is 2.39. The molecular formula is C21H20N4O3. The highest BCUT2D eigenvalue weighted by atomic mass is 16.5. The van der Waals surface area contributed by atoms with Crippen molar-refractivity contribution < 1.29 is 14.8 Å². The van der Waals surface area contributed by atoms with E-state index in [1.54, 1.807) is 35.9 Å². The molecule has 7 nitrogen and oxygen atoms in total. The van der Waals surface area contributed by atoms with E-state index in [4.69, 9.17) is 5.21 Å². The average molecular weight is 376 g/mol. The monoisotopic (exact) mass is 376 g/mol. The number of hydrogen-bond donors (Lipinski definition) is 3. The van der Waals surface area contributed by atoms with Crippen molar-refractivity contribution in [2.75, 3.05) is 11.4 Å². The van der Waals surface area contributed by atoms with E-state index >= 15 is 0 Å². The number of benzene rings is 2. The van der Waals surface area contributed by atoms with E-state index < -0.39 is 11.4 Å². The Morgan fingerprint density at radius 1 is 1.18 bits per heavy atom. The number of rotatable bonds is 4. The minimum atomic E-state index is -0.787. The first-order chi connectivity index (χ1) is 13.5. The van der Waals surface area contributed by atoms with Crippen molar-refractivity contribution in [2.45, 2.75) is 18.9 Å². The minimum Gasteiger partial charge on any atom is -0.354 e. The van der Waals surface area contributed by atoms with Crippen molar-refractivity contribution in [2.24, 2.45) is 0 Å². The van der Waals surface area contributed by atoms with Crippen molar-refractivity contribution in [3.63, 3.8) is 0 Å². The summed E-state index contributed by atoms with van der Waals surface area (Å²) < 4.78 is 0. The van der Waals surface area contributed by atoms with E-state index in [0.29, 0.717) is 18.5 Å². The minimum absolute atomic E-state index is 0.0576. The van der Waals surface area contributed by atoms with Crippen LogP contribution in [-0.4, -0.2) is 34.1 Å². The second kappa shape index (κ2) is 6.94. The van der Waals surface area contributed by atoms with Gasteiger partial charge >= 0.3 is 0 Å². The molecule has 142 valence electrons. The molecule has 0 saturated carbocycles. The number of hydrogen-bond acceptors (Lipinski definition) is 5. The molecule has 1 aromatic heterocycles. The van der Waals surface area contributed by atoms with Crippen molar-refractivity contribution in [1.82, 2.24) is 15.8 Å². The van der Waals surface area contributed by atoms with Crippen LogP contribution in [0.4, 0.5) is 11.4 Å². The molecule has 7 heteroatoms. The lowest BCUT2D eigenvalue weighted by Crippen LogP contribution is -2.49. The Balaban J connectivity index is 1.84. The summed E-state index contributed by atoms with van der Waals surface area (Å²) in [6, 6.07) is 16.6. The number of carbonyl (C=O) groups excluding carboxylic acids is 2. The number of nitrogens with one attached hydrogen (secondary N) is 2. The summed E-state index contributed by atoms with van der Waals surface area (Å²) in [5, 5.41) is 12.7. The number of fused-ring (bicyclic) bond motifs is 1. The van der Waals surface area contributed by atoms with Crippen LogP contribution < -0.4 is 15.7 Å². The summed E-state index contributed by atoms with van der Waals surface area (Å²) in [7, 11) is 0. The molecule has 2 aromatic carbocycles. The summed E-state index contributed by atoms with van der Waals surface area (Å²) >= 11 is 0. The molecule has 1 fully saturated rings. The molecule has 0 aliphatic carbocycles. The van der Waals surface area contributed by atoms with E-state index in [9.17, 15) is 9.59 Å². The number of amides is 2. The summed E-state index contributed by atoms with van der Waals surface area (Å²) in [4.78, 5) is 30.8. The lowest BCUT2D eigenvalue weighted by molar-refractivity contribution is -0.123. The van der Waals surface area contributed by atoms with Crippen molar-refractivity contribution in [1.29, 1.82) is 0 Å². The molecule has 1 atom stereocenters. The molecule has 0 spiro atoms. The largest absolute Gasteiger partial charge is 0.354 e. The number of para-hydroxylation sites is 1. The average Bonchev–Trinajstić information content (AvgIpc) is 3.07. The van der Waals surface area contributed by atoms with Gasteiger partial charge in [-0.1, -0.05) is 18.2 Å². The molecule has 2 amide bonds. The van der Waals surface area contributed by atoms with Crippen LogP contribution in [0, 0.1) is 0 Å². The quantitative estimate of drug-likeness (QED) is 0.481. The van der Waals surface area contributed by atoms with Gasteiger partial charge in [-0.05, 0) is 49.7 Å². The number of pyridine rings is 1. The predicted molar refractivity (Wildman–Crippen MR) is 106 cm³/mol. The van der Waals surface area contributed by atoms with Gasteiger partial charge in [0.1, 0.15) is 5.54 Å². The van der Waals surface area contributed by atoms with Gasteiger partial charge in [0, 0.05) is 23.2 Å². The van der Waals surface area contributed by atoms with Gasteiger partial charge in [0.05, 0.1) is 17.4 Å². The fraction of sp³-hybridized carbons (Fsp3) is 0.190. The smallest absolute Gasteiger partial charge is 0.274 e. The molecule has 28 heavy (non-hydrogen) atoms. The summed E-state index contributed by atoms with van der Waals surface area (Å²) in [5.74, 6) is -0.645. The molecule has 3 N–H and O–H groups in total. The maximum Gasteiger partial charge on any atom is 0.274 e. The third kappa shape index (κ3) is 2.95. The second-order valence-electron chi connectivity index (χ2n) is 6.99. The molecule has 3 aromatic rings. The van der Waals surface area contributed by atoms with Crippen molar-refractivity contribution in [3.05, 3.63) is 66.4 Å². The molecule has 1 saturated heterocycles. The standard InChI is InChI=1S/C21H20N4O3/c1-21(10-11-22-20(21)27)25(16-8-6-14(7-9-16)19(26)24-28)17-12-15-4-2-3-5-18(15)23-13-17/h2-9,12-13,28H,10-11H2,1H3,(H,22,27)(H,24,26). The first kappa shape index (κ1) is 17.9. The van der Waals surface area contributed by atoms with Gasteiger partial charge in [0.25, 0.3) is 5.91 Å². The number of aromatic nitrogens is 1. The topological polar surface area (TPSA) is 94.6 Å². The van der Waals surface area contributed by atoms with Gasteiger partial charge in [-0.15, -0.1) is 0 Å². The van der Waals surface area contributed by atoms with E-state index in [-0.39, 0.29) is 5.91 Å². The predicted octanol–water partition coefficient (Wildman–Crippen LogP) is 2.77. The highest BCUT2D eigenvalue weighted by molar-refractivity contribution is 5.96. The number of hydroxylamine groups is 1. The zero-order chi connectivity index (χ0) is 19.7. The highest BCUT2D eigenvalue weighted by Crippen LogP contribution is 2.38. The van der Waals surface area contributed by atoms with Gasteiger partial charge < -0.3 is 10.2 Å². The Hall–Kier alpha value is -3.45. The summed E-state index contributed by atoms with van der Waals surface area (Å²) in [6.45, 7) is 2.50. The van der Waals surface area contributed by atoms with Crippen LogP contribution in [0.3, 0.4) is 0 Å².